The molecule has 0 radical (unpaired) electrons. The minimum absolute atomic E-state index is 0.0486. The molecular weight excluding hydrogens is 319 g/mol. The van der Waals surface area contributed by atoms with E-state index in [0.717, 1.165) is 6.07 Å². The molecule has 1 aliphatic heterocycles. The molecule has 7 nitrogen and oxygen atoms in total. The van der Waals surface area contributed by atoms with Gasteiger partial charge in [0.25, 0.3) is 5.91 Å². The van der Waals surface area contributed by atoms with Crippen molar-refractivity contribution in [1.82, 2.24) is 10.3 Å². The van der Waals surface area contributed by atoms with E-state index in [1.807, 2.05) is 0 Å². The summed E-state index contributed by atoms with van der Waals surface area (Å²) in [7, 11) is 1.36. The van der Waals surface area contributed by atoms with Crippen LogP contribution in [0.5, 0.6) is 11.5 Å². The highest BCUT2D eigenvalue weighted by Gasteiger charge is 2.18. The van der Waals surface area contributed by atoms with E-state index in [1.54, 1.807) is 0 Å². The van der Waals surface area contributed by atoms with Crippen LogP contribution in [0.2, 0.25) is 0 Å². The van der Waals surface area contributed by atoms with Crippen LogP contribution >= 0.6 is 0 Å². The number of aromatic amines is 1. The first-order valence-electron chi connectivity index (χ1n) is 7.15. The van der Waals surface area contributed by atoms with Crippen molar-refractivity contribution in [2.75, 3.05) is 13.9 Å². The number of nitrogens with one attached hydrogen (secondary N) is 2. The van der Waals surface area contributed by atoms with Gasteiger partial charge in [0.05, 0.1) is 13.7 Å². The number of benzene rings is 1. The molecule has 0 saturated heterocycles. The first kappa shape index (κ1) is 16.0. The molecule has 2 N–H and O–H groups in total. The van der Waals surface area contributed by atoms with E-state index in [1.165, 1.54) is 25.4 Å². The van der Waals surface area contributed by atoms with Gasteiger partial charge >= 0.3 is 0 Å². The van der Waals surface area contributed by atoms with Gasteiger partial charge < -0.3 is 24.5 Å². The molecule has 0 bridgehead atoms. The van der Waals surface area contributed by atoms with Gasteiger partial charge in [0.1, 0.15) is 17.3 Å². The number of ether oxygens (including phenoxy) is 3. The number of fused-ring (bicyclic) bond motifs is 1. The summed E-state index contributed by atoms with van der Waals surface area (Å²) in [4.78, 5) is 26.5. The van der Waals surface area contributed by atoms with Gasteiger partial charge in [-0.25, -0.2) is 4.39 Å². The average Bonchev–Trinajstić information content (AvgIpc) is 2.59. The summed E-state index contributed by atoms with van der Waals surface area (Å²) in [6.45, 7) is 0.373. The Hall–Kier alpha value is -2.87. The zero-order valence-corrected chi connectivity index (χ0v) is 12.8. The second kappa shape index (κ2) is 6.71. The van der Waals surface area contributed by atoms with Crippen LogP contribution < -0.4 is 20.2 Å². The van der Waals surface area contributed by atoms with Crippen molar-refractivity contribution in [3.05, 3.63) is 57.3 Å². The summed E-state index contributed by atoms with van der Waals surface area (Å²) in [6.07, 6.45) is 1.31. The van der Waals surface area contributed by atoms with Gasteiger partial charge in [-0.1, -0.05) is 0 Å². The van der Waals surface area contributed by atoms with Crippen LogP contribution in [0.1, 0.15) is 21.6 Å². The lowest BCUT2D eigenvalue weighted by molar-refractivity contribution is -0.0173. The molecular formula is C16H15FN2O5. The number of H-pyrrole nitrogens is 1. The third-order valence-corrected chi connectivity index (χ3v) is 3.53. The standard InChI is InChI=1S/C16H15FN2O5/c1-22-14-6-18-12(4-13(14)20)16(21)19-5-9-2-11(17)3-10-7-23-8-24-15(9)10/h2-4,6H,5,7-8H2,1H3,(H,18,20)(H,19,21). The van der Waals surface area contributed by atoms with Crippen molar-refractivity contribution in [1.29, 1.82) is 0 Å². The average molecular weight is 334 g/mol. The monoisotopic (exact) mass is 334 g/mol. The molecule has 0 aliphatic carbocycles. The molecule has 0 fully saturated rings. The normalized spacial score (nSPS) is 12.9. The fourth-order valence-corrected chi connectivity index (χ4v) is 2.41. The van der Waals surface area contributed by atoms with E-state index in [-0.39, 0.29) is 31.4 Å². The molecule has 0 spiro atoms. The Morgan fingerprint density at radius 2 is 2.25 bits per heavy atom. The highest BCUT2D eigenvalue weighted by Crippen LogP contribution is 2.29. The van der Waals surface area contributed by atoms with Gasteiger partial charge in [0, 0.05) is 29.9 Å². The molecule has 1 aliphatic rings. The number of halogens is 1. The van der Waals surface area contributed by atoms with E-state index in [2.05, 4.69) is 10.3 Å². The van der Waals surface area contributed by atoms with Crippen molar-refractivity contribution >= 4 is 5.91 Å². The Balaban J connectivity index is 1.76. The van der Waals surface area contributed by atoms with Crippen molar-refractivity contribution in [3.63, 3.8) is 0 Å². The number of hydrogen-bond acceptors (Lipinski definition) is 5. The van der Waals surface area contributed by atoms with Crippen LogP contribution in [-0.2, 0) is 17.9 Å². The molecule has 0 unspecified atom stereocenters. The van der Waals surface area contributed by atoms with Gasteiger partial charge in [-0.15, -0.1) is 0 Å². The van der Waals surface area contributed by atoms with Gasteiger partial charge in [0.15, 0.2) is 12.5 Å². The predicted molar refractivity (Wildman–Crippen MR) is 81.5 cm³/mol. The molecule has 8 heteroatoms. The largest absolute Gasteiger partial charge is 0.491 e. The maximum Gasteiger partial charge on any atom is 0.268 e. The first-order chi connectivity index (χ1) is 11.6. The van der Waals surface area contributed by atoms with Crippen molar-refractivity contribution in [2.24, 2.45) is 0 Å². The maximum absolute atomic E-state index is 13.7. The number of aromatic nitrogens is 1. The summed E-state index contributed by atoms with van der Waals surface area (Å²) in [6, 6.07) is 3.77. The molecule has 3 rings (SSSR count). The molecule has 1 aromatic heterocycles. The Bertz CT molecular complexity index is 834. The lowest BCUT2D eigenvalue weighted by Crippen LogP contribution is -2.26. The maximum atomic E-state index is 13.7. The van der Waals surface area contributed by atoms with Crippen LogP contribution in [0.3, 0.4) is 0 Å². The van der Waals surface area contributed by atoms with E-state index in [9.17, 15) is 14.0 Å². The second-order valence-electron chi connectivity index (χ2n) is 5.13. The fourth-order valence-electron chi connectivity index (χ4n) is 2.41. The van der Waals surface area contributed by atoms with Crippen molar-refractivity contribution < 1.29 is 23.4 Å². The first-order valence-corrected chi connectivity index (χ1v) is 7.15. The highest BCUT2D eigenvalue weighted by atomic mass is 19.1. The van der Waals surface area contributed by atoms with Crippen LogP contribution in [-0.4, -0.2) is 24.8 Å². The van der Waals surface area contributed by atoms with Crippen LogP contribution in [0, 0.1) is 5.82 Å². The third-order valence-electron chi connectivity index (χ3n) is 3.53. The molecule has 2 aromatic rings. The smallest absolute Gasteiger partial charge is 0.268 e. The van der Waals surface area contributed by atoms with Gasteiger partial charge in [-0.05, 0) is 12.1 Å². The van der Waals surface area contributed by atoms with E-state index in [4.69, 9.17) is 14.2 Å². The van der Waals surface area contributed by atoms with Crippen LogP contribution in [0.15, 0.2) is 29.2 Å². The van der Waals surface area contributed by atoms with E-state index in [0.29, 0.717) is 16.9 Å². The SMILES string of the molecule is COc1c[nH]c(C(=O)NCc2cc(F)cc3c2OCOC3)cc1=O. The molecule has 126 valence electrons. The van der Waals surface area contributed by atoms with Gasteiger partial charge in [0.2, 0.25) is 5.43 Å². The van der Waals surface area contributed by atoms with Crippen LogP contribution in [0.4, 0.5) is 4.39 Å². The Kier molecular flexibility index (Phi) is 4.48. The summed E-state index contributed by atoms with van der Waals surface area (Å²) in [5, 5.41) is 2.62. The number of rotatable bonds is 4. The zero-order chi connectivity index (χ0) is 17.1. The lowest BCUT2D eigenvalue weighted by atomic mass is 10.1. The quantitative estimate of drug-likeness (QED) is 0.880. The minimum atomic E-state index is -0.500. The summed E-state index contributed by atoms with van der Waals surface area (Å²) >= 11 is 0. The number of carbonyl (C=O) groups excluding carboxylic acids is 1. The Labute approximate surface area is 136 Å². The Morgan fingerprint density at radius 1 is 1.42 bits per heavy atom. The number of pyridine rings is 1. The van der Waals surface area contributed by atoms with Crippen molar-refractivity contribution in [2.45, 2.75) is 13.2 Å². The number of carbonyl (C=O) groups is 1. The van der Waals surface area contributed by atoms with Gasteiger partial charge in [-0.2, -0.15) is 0 Å². The zero-order valence-electron chi connectivity index (χ0n) is 12.8. The fraction of sp³-hybridized carbons (Fsp3) is 0.250. The second-order valence-corrected chi connectivity index (χ2v) is 5.13. The predicted octanol–water partition coefficient (Wildman–Crippen LogP) is 1.32. The lowest BCUT2D eigenvalue weighted by Gasteiger charge is -2.21. The molecule has 24 heavy (non-hydrogen) atoms. The summed E-state index contributed by atoms with van der Waals surface area (Å²) < 4.78 is 29.0. The van der Waals surface area contributed by atoms with Crippen molar-refractivity contribution in [3.8, 4) is 11.5 Å². The molecule has 2 heterocycles. The van der Waals surface area contributed by atoms with Gasteiger partial charge in [-0.3, -0.25) is 9.59 Å². The summed E-state index contributed by atoms with van der Waals surface area (Å²) in [5.41, 5.74) is 0.751. The minimum Gasteiger partial charge on any atom is -0.491 e. The van der Waals surface area contributed by atoms with E-state index < -0.39 is 17.2 Å². The number of hydrogen-bond donors (Lipinski definition) is 2. The molecule has 1 amide bonds. The number of methoxy groups -OCH3 is 1. The van der Waals surface area contributed by atoms with Crippen LogP contribution in [0.25, 0.3) is 0 Å². The number of amides is 1. The highest BCUT2D eigenvalue weighted by molar-refractivity contribution is 5.92. The molecule has 0 atom stereocenters. The Morgan fingerprint density at radius 3 is 3.00 bits per heavy atom. The molecule has 1 aromatic carbocycles. The topological polar surface area (TPSA) is 89.7 Å². The molecule has 0 saturated carbocycles. The summed E-state index contributed by atoms with van der Waals surface area (Å²) in [5.74, 6) is -0.324. The van der Waals surface area contributed by atoms with E-state index >= 15 is 0 Å². The third kappa shape index (κ3) is 3.23.